The minimum absolute atomic E-state index is 0.00157. The normalized spacial score (nSPS) is 14.8. The van der Waals surface area contributed by atoms with Crippen molar-refractivity contribution in [2.24, 2.45) is 0 Å². The summed E-state index contributed by atoms with van der Waals surface area (Å²) in [5.74, 6) is 0.779. The fourth-order valence-corrected chi connectivity index (χ4v) is 5.99. The molecule has 0 bridgehead atoms. The predicted octanol–water partition coefficient (Wildman–Crippen LogP) is 10.6. The third-order valence-corrected chi connectivity index (χ3v) is 7.71. The van der Waals surface area contributed by atoms with Gasteiger partial charge in [0.05, 0.1) is 30.4 Å². The van der Waals surface area contributed by atoms with Crippen molar-refractivity contribution in [2.45, 2.75) is 6.92 Å². The monoisotopic (exact) mass is 546 g/mol. The van der Waals surface area contributed by atoms with Gasteiger partial charge in [-0.15, -0.1) is 0 Å². The average Bonchev–Trinajstić information content (AvgIpc) is 3.50. The molecule has 0 aliphatic carbocycles. The maximum atomic E-state index is 9.02. The van der Waals surface area contributed by atoms with Crippen molar-refractivity contribution in [2.75, 3.05) is 0 Å². The van der Waals surface area contributed by atoms with E-state index in [-0.39, 0.29) is 35.3 Å². The van der Waals surface area contributed by atoms with Crippen molar-refractivity contribution in [1.29, 1.82) is 0 Å². The number of imidazole rings is 1. The molecule has 0 saturated carbocycles. The van der Waals surface area contributed by atoms with E-state index in [0.29, 0.717) is 27.3 Å². The number of aromatic nitrogens is 2. The van der Waals surface area contributed by atoms with Crippen molar-refractivity contribution in [3.63, 3.8) is 0 Å². The van der Waals surface area contributed by atoms with Crippen LogP contribution >= 0.6 is 0 Å². The molecule has 198 valence electrons. The van der Waals surface area contributed by atoms with Gasteiger partial charge in [-0.25, -0.2) is 4.98 Å². The SMILES string of the molecule is [2H]c1c([2H])c([2H])c(-c2ccc3c(-c4ccccc4-n4c(C)nc5ccccc54)c4ccccc4c(-c4c([2H])c([2H])c([2H])c([2H])c4[2H])c3c2)c([2H])c1[2H]. The first-order valence-electron chi connectivity index (χ1n) is 18.6. The number of hydrogen-bond acceptors (Lipinski definition) is 1. The second-order valence-corrected chi connectivity index (χ2v) is 10.1. The van der Waals surface area contributed by atoms with Crippen molar-refractivity contribution in [3.05, 3.63) is 157 Å². The highest BCUT2D eigenvalue weighted by Crippen LogP contribution is 2.46. The topological polar surface area (TPSA) is 17.8 Å². The molecule has 0 spiro atoms. The molecule has 0 fully saturated rings. The Bertz CT molecular complexity index is 2770. The van der Waals surface area contributed by atoms with Gasteiger partial charge in [-0.3, -0.25) is 4.57 Å². The Morgan fingerprint density at radius 2 is 1.17 bits per heavy atom. The minimum Gasteiger partial charge on any atom is -0.296 e. The van der Waals surface area contributed by atoms with Crippen LogP contribution in [-0.4, -0.2) is 9.55 Å². The van der Waals surface area contributed by atoms with Gasteiger partial charge in [0.15, 0.2) is 0 Å². The van der Waals surface area contributed by atoms with E-state index in [0.717, 1.165) is 39.1 Å². The first-order valence-corrected chi connectivity index (χ1v) is 13.6. The molecule has 0 radical (unpaired) electrons. The Morgan fingerprint density at radius 3 is 1.95 bits per heavy atom. The Morgan fingerprint density at radius 1 is 0.548 bits per heavy atom. The van der Waals surface area contributed by atoms with Crippen LogP contribution < -0.4 is 0 Å². The molecule has 0 unspecified atom stereocenters. The summed E-state index contributed by atoms with van der Waals surface area (Å²) in [5.41, 5.74) is 4.96. The van der Waals surface area contributed by atoms with Crippen LogP contribution in [0.5, 0.6) is 0 Å². The van der Waals surface area contributed by atoms with Gasteiger partial charge in [0.1, 0.15) is 5.82 Å². The van der Waals surface area contributed by atoms with Crippen LogP contribution in [0.4, 0.5) is 0 Å². The molecule has 42 heavy (non-hydrogen) atoms. The van der Waals surface area contributed by atoms with Gasteiger partial charge in [0.25, 0.3) is 0 Å². The lowest BCUT2D eigenvalue weighted by atomic mass is 9.84. The lowest BCUT2D eigenvalue weighted by Gasteiger charge is -2.21. The lowest BCUT2D eigenvalue weighted by Crippen LogP contribution is -2.00. The van der Waals surface area contributed by atoms with Crippen LogP contribution in [-0.2, 0) is 0 Å². The number of nitrogens with zero attached hydrogens (tertiary/aromatic N) is 2. The van der Waals surface area contributed by atoms with E-state index in [9.17, 15) is 0 Å². The van der Waals surface area contributed by atoms with Gasteiger partial charge < -0.3 is 0 Å². The lowest BCUT2D eigenvalue weighted by molar-refractivity contribution is 1.00. The van der Waals surface area contributed by atoms with Gasteiger partial charge in [0, 0.05) is 5.56 Å². The first-order chi connectivity index (χ1) is 24.9. The first kappa shape index (κ1) is 16.1. The number of hydrogen-bond donors (Lipinski definition) is 0. The van der Waals surface area contributed by atoms with Crippen molar-refractivity contribution < 1.29 is 13.7 Å². The summed E-state index contributed by atoms with van der Waals surface area (Å²) >= 11 is 0. The summed E-state index contributed by atoms with van der Waals surface area (Å²) in [6.07, 6.45) is 0. The summed E-state index contributed by atoms with van der Waals surface area (Å²) in [6, 6.07) is 24.1. The largest absolute Gasteiger partial charge is 0.296 e. The van der Waals surface area contributed by atoms with E-state index in [1.165, 1.54) is 0 Å². The number of aryl methyl sites for hydroxylation is 1. The fourth-order valence-electron chi connectivity index (χ4n) is 5.99. The molecule has 8 rings (SSSR count). The molecule has 1 aromatic heterocycles. The highest BCUT2D eigenvalue weighted by atomic mass is 15.1. The molecule has 0 N–H and O–H groups in total. The van der Waals surface area contributed by atoms with Crippen LogP contribution in [0.3, 0.4) is 0 Å². The summed E-state index contributed by atoms with van der Waals surface area (Å²) in [6.45, 7) is 1.95. The maximum Gasteiger partial charge on any atom is 0.111 e. The van der Waals surface area contributed by atoms with E-state index < -0.39 is 36.3 Å². The number of para-hydroxylation sites is 3. The molecule has 7 aromatic carbocycles. The molecular formula is C40H28N2. The summed E-state index contributed by atoms with van der Waals surface area (Å²) in [7, 11) is 0. The second kappa shape index (κ2) is 9.87. The van der Waals surface area contributed by atoms with Crippen molar-refractivity contribution in [3.8, 4) is 39.1 Å². The van der Waals surface area contributed by atoms with Gasteiger partial charge in [-0.1, -0.05) is 127 Å². The zero-order valence-electron chi connectivity index (χ0n) is 32.6. The Kier molecular flexibility index (Phi) is 3.78. The number of fused-ring (bicyclic) bond motifs is 3. The van der Waals surface area contributed by atoms with Gasteiger partial charge >= 0.3 is 0 Å². The molecule has 0 aliphatic heterocycles. The molecule has 0 saturated heterocycles. The number of benzene rings is 7. The highest BCUT2D eigenvalue weighted by molar-refractivity contribution is 6.22. The van der Waals surface area contributed by atoms with Crippen LogP contribution in [0, 0.1) is 6.92 Å². The molecule has 0 aliphatic rings. The van der Waals surface area contributed by atoms with E-state index >= 15 is 0 Å². The molecule has 0 amide bonds. The van der Waals surface area contributed by atoms with Crippen LogP contribution in [0.15, 0.2) is 151 Å². The van der Waals surface area contributed by atoms with Gasteiger partial charge in [0.2, 0.25) is 0 Å². The Hall–Kier alpha value is -5.47. The minimum atomic E-state index is -0.513. The van der Waals surface area contributed by atoms with E-state index in [1.54, 1.807) is 12.1 Å². The predicted molar refractivity (Wildman–Crippen MR) is 177 cm³/mol. The Balaban J connectivity index is 1.58. The zero-order chi connectivity index (χ0) is 36.7. The Labute approximate surface area is 259 Å². The zero-order valence-corrected chi connectivity index (χ0v) is 22.6. The number of rotatable bonds is 4. The van der Waals surface area contributed by atoms with Crippen LogP contribution in [0.1, 0.15) is 19.5 Å². The van der Waals surface area contributed by atoms with Crippen molar-refractivity contribution in [1.82, 2.24) is 9.55 Å². The fraction of sp³-hybridized carbons (Fsp3) is 0.0250. The molecule has 2 heteroatoms. The average molecular weight is 547 g/mol. The maximum absolute atomic E-state index is 9.02. The molecular weight excluding hydrogens is 508 g/mol. The standard InChI is InChI=1S/C40H28N2/c1-27-41-36-21-11-13-23-38(36)42(27)37-22-12-10-20-34(37)40-32-19-9-8-18-31(32)39(29-16-6-3-7-17-29)35-26-30(24-25-33(35)40)28-14-4-2-5-15-28/h2-26H,1H3/i2D,3D,4D,5D,6D,7D,14D,15D,16D,17D. The van der Waals surface area contributed by atoms with Gasteiger partial charge in [-0.2, -0.15) is 0 Å². The summed E-state index contributed by atoms with van der Waals surface area (Å²) < 4.78 is 87.8. The van der Waals surface area contributed by atoms with E-state index in [4.69, 9.17) is 18.7 Å². The van der Waals surface area contributed by atoms with E-state index in [1.807, 2.05) is 85.8 Å². The third kappa shape index (κ3) is 3.84. The summed E-state index contributed by atoms with van der Waals surface area (Å²) in [4.78, 5) is 4.82. The van der Waals surface area contributed by atoms with Crippen LogP contribution in [0.25, 0.3) is 71.6 Å². The molecule has 8 aromatic rings. The van der Waals surface area contributed by atoms with Crippen molar-refractivity contribution >= 4 is 32.6 Å². The van der Waals surface area contributed by atoms with Crippen LogP contribution in [0.2, 0.25) is 0 Å². The molecule has 2 nitrogen and oxygen atoms in total. The second-order valence-electron chi connectivity index (χ2n) is 10.1. The smallest absolute Gasteiger partial charge is 0.111 e. The van der Waals surface area contributed by atoms with E-state index in [2.05, 4.69) is 4.57 Å². The highest BCUT2D eigenvalue weighted by Gasteiger charge is 2.20. The van der Waals surface area contributed by atoms with Gasteiger partial charge in [-0.05, 0) is 80.6 Å². The summed E-state index contributed by atoms with van der Waals surface area (Å²) in [5, 5.41) is 2.54. The third-order valence-electron chi connectivity index (χ3n) is 7.71. The molecule has 0 atom stereocenters. The quantitative estimate of drug-likeness (QED) is 0.201. The molecule has 1 heterocycles.